The molecule has 0 aromatic heterocycles. The van der Waals surface area contributed by atoms with Gasteiger partial charge in [-0.05, 0) is 34.6 Å². The van der Waals surface area contributed by atoms with Crippen molar-refractivity contribution in [1.29, 1.82) is 0 Å². The fourth-order valence-electron chi connectivity index (χ4n) is 3.25. The fourth-order valence-corrected chi connectivity index (χ4v) is 3.25. The van der Waals surface area contributed by atoms with Crippen LogP contribution in [-0.2, 0) is 23.7 Å². The molecule has 0 aromatic rings. The first-order chi connectivity index (χ1) is 11.1. The number of hydrogen-bond acceptors (Lipinski definition) is 7. The van der Waals surface area contributed by atoms with Crippen molar-refractivity contribution < 1.29 is 33.6 Å². The molecule has 1 aliphatic carbocycles. The van der Waals surface area contributed by atoms with E-state index in [0.29, 0.717) is 0 Å². The van der Waals surface area contributed by atoms with Crippen molar-refractivity contribution in [2.45, 2.75) is 70.4 Å². The summed E-state index contributed by atoms with van der Waals surface area (Å²) in [4.78, 5) is 12.2. The molecule has 0 spiro atoms. The lowest BCUT2D eigenvalue weighted by Gasteiger charge is -2.31. The van der Waals surface area contributed by atoms with E-state index in [-0.39, 0.29) is 25.4 Å². The maximum Gasteiger partial charge on any atom is 0.407 e. The number of carbonyl (C=O) groups excluding carboxylic acids is 1. The molecule has 1 aliphatic heterocycles. The normalized spacial score (nSPS) is 34.9. The van der Waals surface area contributed by atoms with Gasteiger partial charge in [-0.15, -0.1) is 0 Å². The van der Waals surface area contributed by atoms with Crippen LogP contribution in [0.1, 0.15) is 34.6 Å². The predicted octanol–water partition coefficient (Wildman–Crippen LogP) is 1.01. The summed E-state index contributed by atoms with van der Waals surface area (Å²) in [5.74, 6) is -1.14. The molecular formula is C16H29NO7. The minimum absolute atomic E-state index is 0.0440. The Kier molecular flexibility index (Phi) is 5.76. The molecule has 2 rings (SSSR count). The highest BCUT2D eigenvalue weighted by Crippen LogP contribution is 2.43. The second kappa shape index (κ2) is 7.13. The van der Waals surface area contributed by atoms with Crippen molar-refractivity contribution in [3.05, 3.63) is 0 Å². The summed E-state index contributed by atoms with van der Waals surface area (Å²) in [5.41, 5.74) is -0.620. The van der Waals surface area contributed by atoms with Crippen LogP contribution in [0.25, 0.3) is 0 Å². The number of hydrogen-bond donors (Lipinski definition) is 2. The number of methoxy groups -OCH3 is 1. The van der Waals surface area contributed by atoms with Gasteiger partial charge in [-0.3, -0.25) is 0 Å². The van der Waals surface area contributed by atoms with Crippen molar-refractivity contribution >= 4 is 6.09 Å². The minimum Gasteiger partial charge on any atom is -0.444 e. The van der Waals surface area contributed by atoms with Crippen molar-refractivity contribution in [2.75, 3.05) is 20.5 Å². The molecule has 1 amide bonds. The molecule has 140 valence electrons. The summed E-state index contributed by atoms with van der Waals surface area (Å²) in [5, 5.41) is 12.6. The average Bonchev–Trinajstić information content (AvgIpc) is 2.85. The van der Waals surface area contributed by atoms with Crippen LogP contribution < -0.4 is 5.32 Å². The van der Waals surface area contributed by atoms with Gasteiger partial charge in [0, 0.05) is 13.0 Å². The van der Waals surface area contributed by atoms with E-state index >= 15 is 0 Å². The Morgan fingerprint density at radius 2 is 1.88 bits per heavy atom. The Morgan fingerprint density at radius 1 is 1.25 bits per heavy atom. The van der Waals surface area contributed by atoms with E-state index in [1.165, 1.54) is 7.11 Å². The smallest absolute Gasteiger partial charge is 0.407 e. The van der Waals surface area contributed by atoms with Crippen LogP contribution in [0.15, 0.2) is 0 Å². The van der Waals surface area contributed by atoms with Gasteiger partial charge >= 0.3 is 6.09 Å². The standard InChI is InChI=1S/C16H29NO7/c1-15(2,3)24-14(19)17-10-9(7-18)11-13(12(10)21-8-20-6)23-16(4,5)22-11/h9-13,18H,7-8H2,1-6H3,(H,17,19)/t9-,10-,11-,12-,13-/m0/s1. The van der Waals surface area contributed by atoms with E-state index in [4.69, 9.17) is 23.7 Å². The van der Waals surface area contributed by atoms with Gasteiger partial charge in [-0.2, -0.15) is 0 Å². The Hall–Kier alpha value is -0.930. The van der Waals surface area contributed by atoms with E-state index in [1.54, 1.807) is 20.8 Å². The third-order valence-electron chi connectivity index (χ3n) is 4.00. The van der Waals surface area contributed by atoms with Crippen molar-refractivity contribution in [3.63, 3.8) is 0 Å². The van der Waals surface area contributed by atoms with Crippen LogP contribution in [-0.4, -0.2) is 67.5 Å². The van der Waals surface area contributed by atoms with Crippen LogP contribution in [0.2, 0.25) is 0 Å². The molecule has 0 unspecified atom stereocenters. The lowest BCUT2D eigenvalue weighted by Crippen LogP contribution is -2.50. The number of aliphatic hydroxyl groups excluding tert-OH is 1. The van der Waals surface area contributed by atoms with E-state index in [0.717, 1.165) is 0 Å². The number of nitrogens with one attached hydrogen (secondary N) is 1. The van der Waals surface area contributed by atoms with Crippen molar-refractivity contribution in [1.82, 2.24) is 5.32 Å². The quantitative estimate of drug-likeness (QED) is 0.717. The SMILES string of the molecule is COCO[C@H]1[C@@H](NC(=O)OC(C)(C)C)[C@H](CO)[C@@H]2OC(C)(C)O[C@@H]21. The average molecular weight is 347 g/mol. The third-order valence-corrected chi connectivity index (χ3v) is 4.00. The van der Waals surface area contributed by atoms with Crippen LogP contribution in [0, 0.1) is 5.92 Å². The van der Waals surface area contributed by atoms with Gasteiger partial charge in [0.2, 0.25) is 0 Å². The number of amides is 1. The number of aliphatic hydroxyl groups is 1. The first-order valence-electron chi connectivity index (χ1n) is 8.14. The maximum absolute atomic E-state index is 12.2. The lowest BCUT2D eigenvalue weighted by molar-refractivity contribution is -0.186. The molecule has 5 atom stereocenters. The molecule has 2 fully saturated rings. The third kappa shape index (κ3) is 4.37. The van der Waals surface area contributed by atoms with Crippen molar-refractivity contribution in [3.8, 4) is 0 Å². The Labute approximate surface area is 142 Å². The molecule has 24 heavy (non-hydrogen) atoms. The van der Waals surface area contributed by atoms with Crippen LogP contribution in [0.3, 0.4) is 0 Å². The van der Waals surface area contributed by atoms with Crippen molar-refractivity contribution in [2.24, 2.45) is 5.92 Å². The maximum atomic E-state index is 12.2. The second-order valence-electron chi connectivity index (χ2n) is 7.62. The molecule has 2 aliphatic rings. The first kappa shape index (κ1) is 19.4. The topological polar surface area (TPSA) is 95.5 Å². The summed E-state index contributed by atoms with van der Waals surface area (Å²) in [6.45, 7) is 8.84. The van der Waals surface area contributed by atoms with E-state index in [1.807, 2.05) is 13.8 Å². The summed E-state index contributed by atoms with van der Waals surface area (Å²) >= 11 is 0. The second-order valence-corrected chi connectivity index (χ2v) is 7.62. The van der Waals surface area contributed by atoms with Gasteiger partial charge in [0.1, 0.15) is 24.6 Å². The van der Waals surface area contributed by atoms with Gasteiger partial charge < -0.3 is 34.1 Å². The fraction of sp³-hybridized carbons (Fsp3) is 0.938. The van der Waals surface area contributed by atoms with Gasteiger partial charge in [0.25, 0.3) is 0 Å². The summed E-state index contributed by atoms with van der Waals surface area (Å²) in [7, 11) is 1.52. The van der Waals surface area contributed by atoms with Gasteiger partial charge in [-0.1, -0.05) is 0 Å². The van der Waals surface area contributed by atoms with E-state index < -0.39 is 35.7 Å². The number of alkyl carbamates (subject to hydrolysis) is 1. The Bertz CT molecular complexity index is 448. The largest absolute Gasteiger partial charge is 0.444 e. The zero-order valence-electron chi connectivity index (χ0n) is 15.2. The molecule has 1 saturated heterocycles. The first-order valence-corrected chi connectivity index (χ1v) is 8.14. The zero-order chi connectivity index (χ0) is 18.1. The van der Waals surface area contributed by atoms with E-state index in [2.05, 4.69) is 5.32 Å². The summed E-state index contributed by atoms with van der Waals surface area (Å²) < 4.78 is 27.8. The van der Waals surface area contributed by atoms with E-state index in [9.17, 15) is 9.90 Å². The van der Waals surface area contributed by atoms with Crippen LogP contribution >= 0.6 is 0 Å². The van der Waals surface area contributed by atoms with Crippen LogP contribution in [0.5, 0.6) is 0 Å². The summed E-state index contributed by atoms with van der Waals surface area (Å²) in [6.07, 6.45) is -1.88. The van der Waals surface area contributed by atoms with Gasteiger partial charge in [0.15, 0.2) is 5.79 Å². The molecule has 0 bridgehead atoms. The molecule has 0 radical (unpaired) electrons. The molecule has 1 saturated carbocycles. The molecule has 1 heterocycles. The number of ether oxygens (including phenoxy) is 5. The zero-order valence-corrected chi connectivity index (χ0v) is 15.2. The monoisotopic (exact) mass is 347 g/mol. The number of fused-ring (bicyclic) bond motifs is 1. The highest BCUT2D eigenvalue weighted by atomic mass is 16.8. The number of carbonyl (C=O) groups is 1. The molecule has 2 N–H and O–H groups in total. The highest BCUT2D eigenvalue weighted by molar-refractivity contribution is 5.68. The highest BCUT2D eigenvalue weighted by Gasteiger charge is 2.60. The predicted molar refractivity (Wildman–Crippen MR) is 84.3 cm³/mol. The van der Waals surface area contributed by atoms with Gasteiger partial charge in [-0.25, -0.2) is 4.79 Å². The Morgan fingerprint density at radius 3 is 2.42 bits per heavy atom. The molecule has 0 aromatic carbocycles. The van der Waals surface area contributed by atoms with Crippen LogP contribution in [0.4, 0.5) is 4.79 Å². The number of rotatable bonds is 5. The lowest BCUT2D eigenvalue weighted by atomic mass is 10.0. The molecule has 8 nitrogen and oxygen atoms in total. The Balaban J connectivity index is 2.15. The molecular weight excluding hydrogens is 318 g/mol. The minimum atomic E-state index is -0.770. The summed E-state index contributed by atoms with van der Waals surface area (Å²) in [6, 6.07) is -0.508. The molecule has 8 heteroatoms. The van der Waals surface area contributed by atoms with Gasteiger partial charge in [0.05, 0.1) is 18.8 Å².